The van der Waals surface area contributed by atoms with Gasteiger partial charge in [0.2, 0.25) is 12.1 Å². The molecule has 326 valence electrons. The molecule has 8 nitrogen and oxygen atoms in total. The molecule has 0 unspecified atom stereocenters. The van der Waals surface area contributed by atoms with E-state index in [1.54, 1.807) is 0 Å². The second kappa shape index (κ2) is 33.1. The smallest absolute Gasteiger partial charge is 0.367 e. The van der Waals surface area contributed by atoms with Crippen LogP contribution in [0, 0.1) is 0 Å². The largest absolute Gasteiger partial charge is 1.00 e. The van der Waals surface area contributed by atoms with Crippen LogP contribution in [0.4, 0.5) is 0 Å². The number of halogens is 2. The summed E-state index contributed by atoms with van der Waals surface area (Å²) in [4.78, 5) is 27.1. The molecule has 0 aromatic heterocycles. The number of nitrogens with zero attached hydrogens (tertiary/aromatic N) is 2. The van der Waals surface area contributed by atoms with Gasteiger partial charge in [-0.2, -0.15) is 0 Å². The van der Waals surface area contributed by atoms with Crippen LogP contribution in [0.25, 0.3) is 0 Å². The van der Waals surface area contributed by atoms with Gasteiger partial charge in [-0.3, -0.25) is 0 Å². The molecule has 0 aliphatic heterocycles. The molecule has 0 radical (unpaired) electrons. The molecule has 0 N–H and O–H groups in total. The standard InChI is InChI=1S/C44H90N2O6.2HI/c1-13-15-17-19-21-23-25-27-29-31-33-45(9,10)39(37-51-43(3,4)5)41(47)49-35-36-50-42(48)40(38-52-44(6,7)8)46(11,12)34-32-30-28-26-24-22-20-18-16-14-2;;/h39-40H,13-38H2,1-12H3;2*1H/q+2;;/p-2/t39-,40-;;/m0../s1. The van der Waals surface area contributed by atoms with Crippen LogP contribution in [0.2, 0.25) is 0 Å². The highest BCUT2D eigenvalue weighted by molar-refractivity contribution is 5.75. The maximum absolute atomic E-state index is 13.5. The third-order valence-electron chi connectivity index (χ3n) is 10.3. The summed E-state index contributed by atoms with van der Waals surface area (Å²) in [6.45, 7) is 18.9. The van der Waals surface area contributed by atoms with E-state index in [-0.39, 0.29) is 97.5 Å². The number of carbonyl (C=O) groups is 2. The van der Waals surface area contributed by atoms with Gasteiger partial charge in [-0.15, -0.1) is 0 Å². The molecule has 0 fully saturated rings. The van der Waals surface area contributed by atoms with E-state index in [0.717, 1.165) is 25.9 Å². The molecule has 0 aromatic rings. The van der Waals surface area contributed by atoms with Crippen LogP contribution in [0.15, 0.2) is 0 Å². The zero-order valence-corrected chi connectivity index (χ0v) is 42.0. The first-order valence-electron chi connectivity index (χ1n) is 21.6. The summed E-state index contributed by atoms with van der Waals surface area (Å²) in [7, 11) is 8.39. The summed E-state index contributed by atoms with van der Waals surface area (Å²) in [5, 5.41) is 0. The fourth-order valence-electron chi connectivity index (χ4n) is 6.57. The second-order valence-corrected chi connectivity index (χ2v) is 18.6. The van der Waals surface area contributed by atoms with Crippen molar-refractivity contribution in [3.05, 3.63) is 0 Å². The number of quaternary nitrogens is 2. The topological polar surface area (TPSA) is 71.1 Å². The molecular weight excluding hydrogens is 906 g/mol. The highest BCUT2D eigenvalue weighted by Crippen LogP contribution is 2.20. The van der Waals surface area contributed by atoms with E-state index < -0.39 is 12.1 Å². The Morgan fingerprint density at radius 1 is 0.444 bits per heavy atom. The molecule has 0 heterocycles. The van der Waals surface area contributed by atoms with Crippen molar-refractivity contribution >= 4 is 11.9 Å². The predicted molar refractivity (Wildman–Crippen MR) is 219 cm³/mol. The number of unbranched alkanes of at least 4 members (excludes halogenated alkanes) is 18. The highest BCUT2D eigenvalue weighted by Gasteiger charge is 2.39. The minimum Gasteiger partial charge on any atom is -1.00 e. The number of hydrogen-bond donors (Lipinski definition) is 0. The van der Waals surface area contributed by atoms with Crippen LogP contribution >= 0.6 is 0 Å². The van der Waals surface area contributed by atoms with Gasteiger partial charge in [0.05, 0.1) is 52.5 Å². The number of likely N-dealkylation sites (N-methyl/N-ethyl adjacent to an activating group) is 2. The second-order valence-electron chi connectivity index (χ2n) is 18.6. The van der Waals surface area contributed by atoms with Crippen molar-refractivity contribution in [1.82, 2.24) is 0 Å². The minimum atomic E-state index is -0.460. The van der Waals surface area contributed by atoms with Gasteiger partial charge >= 0.3 is 11.9 Å². The van der Waals surface area contributed by atoms with E-state index in [1.807, 2.05) is 41.5 Å². The molecule has 10 heteroatoms. The molecule has 0 aliphatic carbocycles. The van der Waals surface area contributed by atoms with E-state index in [9.17, 15) is 9.59 Å². The summed E-state index contributed by atoms with van der Waals surface area (Å²) in [6.07, 6.45) is 25.6. The number of ether oxygens (including phenoxy) is 4. The molecule has 2 atom stereocenters. The highest BCUT2D eigenvalue weighted by atomic mass is 127. The Bertz CT molecular complexity index is 832. The molecule has 0 aromatic carbocycles. The molecule has 0 bridgehead atoms. The normalized spacial score (nSPS) is 13.5. The van der Waals surface area contributed by atoms with Gasteiger partial charge < -0.3 is 75.9 Å². The Labute approximate surface area is 369 Å². The van der Waals surface area contributed by atoms with E-state index in [4.69, 9.17) is 18.9 Å². The Hall–Kier alpha value is 0.240. The Kier molecular flexibility index (Phi) is 35.9. The van der Waals surface area contributed by atoms with Crippen molar-refractivity contribution in [2.24, 2.45) is 0 Å². The van der Waals surface area contributed by atoms with Crippen LogP contribution in [-0.2, 0) is 28.5 Å². The zero-order valence-electron chi connectivity index (χ0n) is 37.6. The van der Waals surface area contributed by atoms with Crippen LogP contribution < -0.4 is 48.0 Å². The van der Waals surface area contributed by atoms with E-state index in [0.29, 0.717) is 8.97 Å². The maximum Gasteiger partial charge on any atom is 0.367 e. The molecule has 0 rings (SSSR count). The average Bonchev–Trinajstić information content (AvgIpc) is 3.03. The first-order chi connectivity index (χ1) is 24.4. The number of rotatable bonds is 33. The molecule has 0 amide bonds. The lowest BCUT2D eigenvalue weighted by Gasteiger charge is -2.38. The third-order valence-corrected chi connectivity index (χ3v) is 10.3. The van der Waals surface area contributed by atoms with Crippen molar-refractivity contribution < 1.29 is 85.5 Å². The Balaban J connectivity index is -0.0000130. The van der Waals surface area contributed by atoms with Gasteiger partial charge in [-0.05, 0) is 67.2 Å². The number of esters is 2. The third kappa shape index (κ3) is 32.2. The fraction of sp³-hybridized carbons (Fsp3) is 0.955. The van der Waals surface area contributed by atoms with Gasteiger partial charge in [0.1, 0.15) is 26.4 Å². The molecule has 0 saturated carbocycles. The number of carbonyl (C=O) groups excluding carboxylic acids is 2. The minimum absolute atomic E-state index is 0. The summed E-state index contributed by atoms with van der Waals surface area (Å²) in [5.74, 6) is -0.607. The van der Waals surface area contributed by atoms with Gasteiger partial charge in [0.15, 0.2) is 0 Å². The molecular formula is C44H90I2N2O6. The summed E-state index contributed by atoms with van der Waals surface area (Å²) in [5.41, 5.74) is -0.734. The maximum atomic E-state index is 13.5. The summed E-state index contributed by atoms with van der Waals surface area (Å²) >= 11 is 0. The van der Waals surface area contributed by atoms with E-state index in [1.165, 1.54) is 116 Å². The van der Waals surface area contributed by atoms with Gasteiger partial charge in [0.25, 0.3) is 0 Å². The predicted octanol–water partition coefficient (Wildman–Crippen LogP) is 4.44. The molecule has 54 heavy (non-hydrogen) atoms. The SMILES string of the molecule is CCCCCCCCCCCC[N+](C)(C)[C@@H](COC(C)(C)C)C(=O)OCCOC(=O)[C@H](COC(C)(C)C)[N+](C)(C)CCCCCCCCCCCC.[I-].[I-]. The first kappa shape index (κ1) is 58.6. The van der Waals surface area contributed by atoms with E-state index in [2.05, 4.69) is 42.0 Å². The molecule has 0 aliphatic rings. The zero-order chi connectivity index (χ0) is 39.5. The average molecular weight is 997 g/mol. The lowest BCUT2D eigenvalue weighted by Crippen LogP contribution is -3.00. The van der Waals surface area contributed by atoms with Crippen molar-refractivity contribution in [2.45, 2.75) is 207 Å². The Morgan fingerprint density at radius 2 is 0.685 bits per heavy atom. The van der Waals surface area contributed by atoms with Gasteiger partial charge in [-0.1, -0.05) is 117 Å². The van der Waals surface area contributed by atoms with Crippen molar-refractivity contribution in [2.75, 3.05) is 67.7 Å². The van der Waals surface area contributed by atoms with Gasteiger partial charge in [0, 0.05) is 0 Å². The van der Waals surface area contributed by atoms with Crippen molar-refractivity contribution in [3.8, 4) is 0 Å². The lowest BCUT2D eigenvalue weighted by molar-refractivity contribution is -0.907. The Morgan fingerprint density at radius 3 is 0.926 bits per heavy atom. The molecule has 0 saturated heterocycles. The first-order valence-corrected chi connectivity index (χ1v) is 21.6. The quantitative estimate of drug-likeness (QED) is 0.0420. The summed E-state index contributed by atoms with van der Waals surface area (Å²) in [6, 6.07) is -0.920. The van der Waals surface area contributed by atoms with Crippen LogP contribution in [-0.4, -0.2) is 112 Å². The van der Waals surface area contributed by atoms with E-state index >= 15 is 0 Å². The monoisotopic (exact) mass is 996 g/mol. The van der Waals surface area contributed by atoms with Crippen LogP contribution in [0.1, 0.15) is 184 Å². The molecule has 0 spiro atoms. The fourth-order valence-corrected chi connectivity index (χ4v) is 6.57. The van der Waals surface area contributed by atoms with Crippen molar-refractivity contribution in [3.63, 3.8) is 0 Å². The van der Waals surface area contributed by atoms with Crippen LogP contribution in [0.3, 0.4) is 0 Å². The number of hydrogen-bond acceptors (Lipinski definition) is 6. The summed E-state index contributed by atoms with van der Waals surface area (Å²) < 4.78 is 24.8. The van der Waals surface area contributed by atoms with Crippen molar-refractivity contribution in [1.29, 1.82) is 0 Å². The van der Waals surface area contributed by atoms with Gasteiger partial charge in [-0.25, -0.2) is 9.59 Å². The van der Waals surface area contributed by atoms with Crippen LogP contribution in [0.5, 0.6) is 0 Å². The lowest BCUT2D eigenvalue weighted by atomic mass is 10.1.